The summed E-state index contributed by atoms with van der Waals surface area (Å²) in [6.07, 6.45) is 0.425. The molecule has 6 nitrogen and oxygen atoms in total. The number of ether oxygens (including phenoxy) is 3. The van der Waals surface area contributed by atoms with E-state index >= 15 is 0 Å². The number of carbonyl (C=O) groups is 1. The van der Waals surface area contributed by atoms with E-state index in [0.29, 0.717) is 0 Å². The van der Waals surface area contributed by atoms with Gasteiger partial charge in [-0.15, -0.1) is 0 Å². The van der Waals surface area contributed by atoms with E-state index in [1.54, 1.807) is 0 Å². The lowest BCUT2D eigenvalue weighted by atomic mass is 10.1. The van der Waals surface area contributed by atoms with Gasteiger partial charge in [-0.2, -0.15) is 0 Å². The van der Waals surface area contributed by atoms with Crippen molar-refractivity contribution in [2.24, 2.45) is 0 Å². The molecule has 0 aromatic heterocycles. The molecule has 0 aliphatic heterocycles. The van der Waals surface area contributed by atoms with Crippen LogP contribution in [0, 0.1) is 0 Å². The number of hydrogen-bond acceptors (Lipinski definition) is 4. The molecule has 0 unspecified atom stereocenters. The molecular formula is C14H22N2O4. The van der Waals surface area contributed by atoms with Crippen LogP contribution >= 0.6 is 0 Å². The molecule has 0 fully saturated rings. The zero-order valence-corrected chi connectivity index (χ0v) is 12.1. The maximum atomic E-state index is 11.5. The highest BCUT2D eigenvalue weighted by Gasteiger charge is 2.07. The summed E-state index contributed by atoms with van der Waals surface area (Å²) in [4.78, 5) is 11.5. The van der Waals surface area contributed by atoms with Gasteiger partial charge in [0.25, 0.3) is 0 Å². The fraction of sp³-hybridized carbons (Fsp3) is 0.500. The summed E-state index contributed by atoms with van der Waals surface area (Å²) >= 11 is 0. The molecule has 0 aliphatic carbocycles. The second-order valence-electron chi connectivity index (χ2n) is 4.04. The van der Waals surface area contributed by atoms with Crippen molar-refractivity contribution in [3.8, 4) is 5.75 Å². The quantitative estimate of drug-likeness (QED) is 0.709. The summed E-state index contributed by atoms with van der Waals surface area (Å²) < 4.78 is 15.4. The van der Waals surface area contributed by atoms with Gasteiger partial charge in [-0.1, -0.05) is 25.1 Å². The SMILES string of the molecule is CCc1ccccc1OCNC(=O)NCC(OC)OC. The Morgan fingerprint density at radius 1 is 1.20 bits per heavy atom. The predicted molar refractivity (Wildman–Crippen MR) is 75.7 cm³/mol. The van der Waals surface area contributed by atoms with Crippen molar-refractivity contribution in [2.45, 2.75) is 19.6 Å². The van der Waals surface area contributed by atoms with Crippen LogP contribution in [0.5, 0.6) is 5.75 Å². The van der Waals surface area contributed by atoms with E-state index < -0.39 is 6.29 Å². The minimum Gasteiger partial charge on any atom is -0.473 e. The average Bonchev–Trinajstić information content (AvgIpc) is 2.48. The number of hydrogen-bond donors (Lipinski definition) is 2. The third-order valence-electron chi connectivity index (χ3n) is 2.77. The van der Waals surface area contributed by atoms with Gasteiger partial charge in [0.2, 0.25) is 0 Å². The smallest absolute Gasteiger partial charge is 0.317 e. The van der Waals surface area contributed by atoms with E-state index in [4.69, 9.17) is 14.2 Å². The molecule has 0 atom stereocenters. The van der Waals surface area contributed by atoms with E-state index in [2.05, 4.69) is 17.6 Å². The normalized spacial score (nSPS) is 10.4. The van der Waals surface area contributed by atoms with Gasteiger partial charge in [0.15, 0.2) is 13.0 Å². The van der Waals surface area contributed by atoms with E-state index in [1.807, 2.05) is 24.3 Å². The maximum absolute atomic E-state index is 11.5. The topological polar surface area (TPSA) is 68.8 Å². The minimum absolute atomic E-state index is 0.105. The first-order chi connectivity index (χ1) is 9.71. The Morgan fingerprint density at radius 2 is 1.90 bits per heavy atom. The van der Waals surface area contributed by atoms with Crippen LogP contribution < -0.4 is 15.4 Å². The summed E-state index contributed by atoms with van der Waals surface area (Å²) in [5, 5.41) is 5.22. The second kappa shape index (κ2) is 9.17. The fourth-order valence-corrected chi connectivity index (χ4v) is 1.62. The highest BCUT2D eigenvalue weighted by atomic mass is 16.7. The molecule has 0 heterocycles. The monoisotopic (exact) mass is 282 g/mol. The lowest BCUT2D eigenvalue weighted by Crippen LogP contribution is -2.42. The number of rotatable bonds is 8. The van der Waals surface area contributed by atoms with Gasteiger partial charge in [-0.3, -0.25) is 0 Å². The minimum atomic E-state index is -0.456. The van der Waals surface area contributed by atoms with Crippen molar-refractivity contribution in [3.63, 3.8) is 0 Å². The van der Waals surface area contributed by atoms with Gasteiger partial charge in [-0.25, -0.2) is 4.79 Å². The Morgan fingerprint density at radius 3 is 2.55 bits per heavy atom. The van der Waals surface area contributed by atoms with Crippen LogP contribution in [0.25, 0.3) is 0 Å². The molecule has 2 amide bonds. The molecular weight excluding hydrogens is 260 g/mol. The molecule has 0 spiro atoms. The second-order valence-corrected chi connectivity index (χ2v) is 4.04. The summed E-state index contributed by atoms with van der Waals surface area (Å²) in [7, 11) is 3.02. The number of amides is 2. The van der Waals surface area contributed by atoms with Crippen LogP contribution in [-0.4, -0.2) is 39.8 Å². The summed E-state index contributed by atoms with van der Waals surface area (Å²) in [5.74, 6) is 0.780. The number of nitrogens with one attached hydrogen (secondary N) is 2. The van der Waals surface area contributed by atoms with Crippen LogP contribution in [0.1, 0.15) is 12.5 Å². The van der Waals surface area contributed by atoms with E-state index in [-0.39, 0.29) is 19.3 Å². The van der Waals surface area contributed by atoms with Crippen LogP contribution in [-0.2, 0) is 15.9 Å². The fourth-order valence-electron chi connectivity index (χ4n) is 1.62. The van der Waals surface area contributed by atoms with Crippen LogP contribution in [0.2, 0.25) is 0 Å². The zero-order valence-electron chi connectivity index (χ0n) is 12.1. The van der Waals surface area contributed by atoms with E-state index in [1.165, 1.54) is 14.2 Å². The van der Waals surface area contributed by atoms with Crippen molar-refractivity contribution < 1.29 is 19.0 Å². The lowest BCUT2D eigenvalue weighted by molar-refractivity contribution is -0.0972. The Labute approximate surface area is 119 Å². The van der Waals surface area contributed by atoms with Crippen LogP contribution in [0.3, 0.4) is 0 Å². The van der Waals surface area contributed by atoms with Gasteiger partial charge in [0.05, 0.1) is 6.54 Å². The molecule has 0 aliphatic rings. The number of benzene rings is 1. The van der Waals surface area contributed by atoms with Gasteiger partial charge < -0.3 is 24.8 Å². The highest BCUT2D eigenvalue weighted by Crippen LogP contribution is 2.17. The molecule has 0 bridgehead atoms. The zero-order chi connectivity index (χ0) is 14.8. The van der Waals surface area contributed by atoms with E-state index in [9.17, 15) is 4.79 Å². The first-order valence-electron chi connectivity index (χ1n) is 6.49. The lowest BCUT2D eigenvalue weighted by Gasteiger charge is -2.15. The van der Waals surface area contributed by atoms with Gasteiger partial charge in [0, 0.05) is 14.2 Å². The van der Waals surface area contributed by atoms with Crippen molar-refractivity contribution in [1.29, 1.82) is 0 Å². The molecule has 0 radical (unpaired) electrons. The van der Waals surface area contributed by atoms with E-state index in [0.717, 1.165) is 17.7 Å². The Hall–Kier alpha value is -1.79. The molecule has 0 saturated carbocycles. The molecule has 1 aromatic carbocycles. The average molecular weight is 282 g/mol. The molecule has 1 rings (SSSR count). The molecule has 112 valence electrons. The van der Waals surface area contributed by atoms with Crippen molar-refractivity contribution in [3.05, 3.63) is 29.8 Å². The molecule has 1 aromatic rings. The number of methoxy groups -OCH3 is 2. The van der Waals surface area contributed by atoms with Crippen molar-refractivity contribution >= 4 is 6.03 Å². The van der Waals surface area contributed by atoms with Gasteiger partial charge in [-0.05, 0) is 18.1 Å². The third kappa shape index (κ3) is 5.46. The molecule has 20 heavy (non-hydrogen) atoms. The number of aryl methyl sites for hydroxylation is 1. The predicted octanol–water partition coefficient (Wildman–Crippen LogP) is 1.50. The molecule has 2 N–H and O–H groups in total. The van der Waals surface area contributed by atoms with Crippen LogP contribution in [0.4, 0.5) is 4.79 Å². The maximum Gasteiger partial charge on any atom is 0.317 e. The first kappa shape index (κ1) is 16.3. The largest absolute Gasteiger partial charge is 0.473 e. The molecule has 0 saturated heterocycles. The number of carbonyl (C=O) groups excluding carboxylic acids is 1. The van der Waals surface area contributed by atoms with Crippen molar-refractivity contribution in [1.82, 2.24) is 10.6 Å². The van der Waals surface area contributed by atoms with Gasteiger partial charge in [0.1, 0.15) is 5.75 Å². The summed E-state index contributed by atoms with van der Waals surface area (Å²) in [6, 6.07) is 7.40. The third-order valence-corrected chi connectivity index (χ3v) is 2.77. The highest BCUT2D eigenvalue weighted by molar-refractivity contribution is 5.73. The number of para-hydroxylation sites is 1. The first-order valence-corrected chi connectivity index (χ1v) is 6.49. The van der Waals surface area contributed by atoms with Crippen molar-refractivity contribution in [2.75, 3.05) is 27.5 Å². The Bertz CT molecular complexity index is 408. The number of urea groups is 1. The van der Waals surface area contributed by atoms with Crippen LogP contribution in [0.15, 0.2) is 24.3 Å². The summed E-state index contributed by atoms with van der Waals surface area (Å²) in [6.45, 7) is 2.43. The summed E-state index contributed by atoms with van der Waals surface area (Å²) in [5.41, 5.74) is 1.11. The standard InChI is InChI=1S/C14H22N2O4/c1-4-11-7-5-6-8-12(11)20-10-16-14(17)15-9-13(18-2)19-3/h5-8,13H,4,9-10H2,1-3H3,(H2,15,16,17). The molecule has 6 heteroatoms. The Balaban J connectivity index is 2.28. The van der Waals surface area contributed by atoms with Gasteiger partial charge >= 0.3 is 6.03 Å². The Kier molecular flexibility index (Phi) is 7.46.